The van der Waals surface area contributed by atoms with Gasteiger partial charge in [-0.2, -0.15) is 0 Å². The number of carbonyl (C=O) groups is 1. The van der Waals surface area contributed by atoms with E-state index in [0.717, 1.165) is 18.6 Å². The lowest BCUT2D eigenvalue weighted by atomic mass is 10.1. The molecule has 0 amide bonds. The van der Waals surface area contributed by atoms with Gasteiger partial charge in [-0.15, -0.1) is 0 Å². The van der Waals surface area contributed by atoms with E-state index in [4.69, 9.17) is 4.74 Å². The first kappa shape index (κ1) is 14.6. The predicted octanol–water partition coefficient (Wildman–Crippen LogP) is 3.14. The summed E-state index contributed by atoms with van der Waals surface area (Å²) in [5.41, 5.74) is 2.58. The van der Waals surface area contributed by atoms with Gasteiger partial charge in [-0.05, 0) is 42.5 Å². The van der Waals surface area contributed by atoms with Gasteiger partial charge in [-0.25, -0.2) is 0 Å². The number of rotatable bonds is 7. The highest BCUT2D eigenvalue weighted by molar-refractivity contribution is 5.69. The third-order valence-corrected chi connectivity index (χ3v) is 2.86. The van der Waals surface area contributed by atoms with Gasteiger partial charge in [0.25, 0.3) is 0 Å². The Balaban J connectivity index is 2.48. The van der Waals surface area contributed by atoms with Crippen LogP contribution in [0.3, 0.4) is 0 Å². The van der Waals surface area contributed by atoms with Gasteiger partial charge >= 0.3 is 5.97 Å². The van der Waals surface area contributed by atoms with Crippen molar-refractivity contribution in [1.29, 1.82) is 0 Å². The van der Waals surface area contributed by atoms with Crippen molar-refractivity contribution in [3.05, 3.63) is 29.3 Å². The molecule has 0 aliphatic heterocycles. The van der Waals surface area contributed by atoms with E-state index < -0.39 is 0 Å². The molecule has 3 heteroatoms. The zero-order valence-electron chi connectivity index (χ0n) is 11.5. The molecule has 18 heavy (non-hydrogen) atoms. The van der Waals surface area contributed by atoms with E-state index >= 15 is 0 Å². The van der Waals surface area contributed by atoms with Crippen LogP contribution in [0.15, 0.2) is 18.2 Å². The number of hydrogen-bond donors (Lipinski definition) is 0. The smallest absolute Gasteiger partial charge is 0.305 e. The highest BCUT2D eigenvalue weighted by atomic mass is 16.5. The maximum atomic E-state index is 10.9. The molecule has 1 aromatic carbocycles. The molecule has 0 aromatic heterocycles. The van der Waals surface area contributed by atoms with Crippen LogP contribution in [0.4, 0.5) is 0 Å². The van der Waals surface area contributed by atoms with Crippen molar-refractivity contribution in [2.24, 2.45) is 0 Å². The van der Waals surface area contributed by atoms with Gasteiger partial charge in [0.2, 0.25) is 0 Å². The lowest BCUT2D eigenvalue weighted by Gasteiger charge is -2.09. The Morgan fingerprint density at radius 1 is 1.11 bits per heavy atom. The van der Waals surface area contributed by atoms with E-state index in [9.17, 15) is 4.79 Å². The number of esters is 1. The summed E-state index contributed by atoms with van der Waals surface area (Å²) in [5, 5.41) is 0. The molecule has 3 nitrogen and oxygen atoms in total. The van der Waals surface area contributed by atoms with Crippen molar-refractivity contribution in [3.63, 3.8) is 0 Å². The number of methoxy groups -OCH3 is 1. The molecule has 0 aliphatic carbocycles. The van der Waals surface area contributed by atoms with Crippen LogP contribution in [-0.2, 0) is 22.4 Å². The summed E-state index contributed by atoms with van der Waals surface area (Å²) in [5.74, 6) is 0.714. The molecule has 0 saturated carbocycles. The number of ether oxygens (including phenoxy) is 2. The van der Waals surface area contributed by atoms with E-state index in [2.05, 4.69) is 36.8 Å². The zero-order valence-corrected chi connectivity index (χ0v) is 11.5. The molecular formula is C15H22O3. The Hall–Kier alpha value is -1.51. The van der Waals surface area contributed by atoms with Crippen LogP contribution < -0.4 is 4.74 Å². The summed E-state index contributed by atoms with van der Waals surface area (Å²) in [6.07, 6.45) is 3.10. The van der Waals surface area contributed by atoms with Gasteiger partial charge in [0.1, 0.15) is 5.75 Å². The molecule has 0 heterocycles. The van der Waals surface area contributed by atoms with E-state index in [1.54, 1.807) is 0 Å². The molecule has 0 atom stereocenters. The van der Waals surface area contributed by atoms with Gasteiger partial charge in [-0.1, -0.05) is 19.9 Å². The number of hydrogen-bond acceptors (Lipinski definition) is 3. The first-order valence-electron chi connectivity index (χ1n) is 6.52. The van der Waals surface area contributed by atoms with E-state index in [0.29, 0.717) is 19.4 Å². The van der Waals surface area contributed by atoms with Crippen LogP contribution >= 0.6 is 0 Å². The van der Waals surface area contributed by atoms with Crippen LogP contribution in [0.25, 0.3) is 0 Å². The van der Waals surface area contributed by atoms with Crippen molar-refractivity contribution < 1.29 is 14.3 Å². The van der Waals surface area contributed by atoms with Gasteiger partial charge < -0.3 is 9.47 Å². The lowest BCUT2D eigenvalue weighted by molar-refractivity contribution is -0.140. The molecule has 0 fully saturated rings. The van der Waals surface area contributed by atoms with Crippen molar-refractivity contribution in [1.82, 2.24) is 0 Å². The quantitative estimate of drug-likeness (QED) is 0.551. The highest BCUT2D eigenvalue weighted by Crippen LogP contribution is 2.18. The third kappa shape index (κ3) is 4.78. The first-order valence-corrected chi connectivity index (χ1v) is 6.52. The first-order chi connectivity index (χ1) is 8.69. The molecule has 0 N–H and O–H groups in total. The minimum Gasteiger partial charge on any atom is -0.494 e. The van der Waals surface area contributed by atoms with Crippen molar-refractivity contribution in [3.8, 4) is 5.75 Å². The van der Waals surface area contributed by atoms with E-state index in [-0.39, 0.29) is 5.97 Å². The normalized spacial score (nSPS) is 10.2. The second-order valence-corrected chi connectivity index (χ2v) is 4.22. The molecule has 100 valence electrons. The lowest BCUT2D eigenvalue weighted by Crippen LogP contribution is -2.05. The van der Waals surface area contributed by atoms with Crippen LogP contribution in [0.1, 0.15) is 37.8 Å². The van der Waals surface area contributed by atoms with E-state index in [1.165, 1.54) is 18.2 Å². The Morgan fingerprint density at radius 2 is 1.72 bits per heavy atom. The number of carbonyl (C=O) groups excluding carboxylic acids is 1. The standard InChI is InChI=1S/C15H22O3/c1-4-12-9-13(5-2)11-14(10-12)18-8-6-7-15(16)17-3/h9-11H,4-8H2,1-3H3. The molecular weight excluding hydrogens is 228 g/mol. The van der Waals surface area contributed by atoms with Crippen LogP contribution in [0, 0.1) is 0 Å². The second kappa shape index (κ2) is 7.75. The fourth-order valence-electron chi connectivity index (χ4n) is 1.73. The topological polar surface area (TPSA) is 35.5 Å². The van der Waals surface area contributed by atoms with Crippen LogP contribution in [0.5, 0.6) is 5.75 Å². The third-order valence-electron chi connectivity index (χ3n) is 2.86. The Kier molecular flexibility index (Phi) is 6.26. The van der Waals surface area contributed by atoms with Gasteiger partial charge in [0.15, 0.2) is 0 Å². The van der Waals surface area contributed by atoms with Crippen molar-refractivity contribution in [2.45, 2.75) is 39.5 Å². The highest BCUT2D eigenvalue weighted by Gasteiger charge is 2.02. The Bertz CT molecular complexity index is 363. The summed E-state index contributed by atoms with van der Waals surface area (Å²) >= 11 is 0. The zero-order chi connectivity index (χ0) is 13.4. The second-order valence-electron chi connectivity index (χ2n) is 4.22. The summed E-state index contributed by atoms with van der Waals surface area (Å²) in [6.45, 7) is 4.82. The summed E-state index contributed by atoms with van der Waals surface area (Å²) < 4.78 is 10.3. The molecule has 1 aromatic rings. The minimum atomic E-state index is -0.185. The Morgan fingerprint density at radius 3 is 2.22 bits per heavy atom. The maximum absolute atomic E-state index is 10.9. The van der Waals surface area contributed by atoms with Crippen LogP contribution in [-0.4, -0.2) is 19.7 Å². The summed E-state index contributed by atoms with van der Waals surface area (Å²) in [4.78, 5) is 10.9. The monoisotopic (exact) mass is 250 g/mol. The Labute approximate surface area is 109 Å². The number of benzene rings is 1. The SMILES string of the molecule is CCc1cc(CC)cc(OCCCC(=O)OC)c1. The molecule has 0 aliphatic rings. The maximum Gasteiger partial charge on any atom is 0.305 e. The van der Waals surface area contributed by atoms with Crippen LogP contribution in [0.2, 0.25) is 0 Å². The minimum absolute atomic E-state index is 0.185. The number of aryl methyl sites for hydroxylation is 2. The fraction of sp³-hybridized carbons (Fsp3) is 0.533. The predicted molar refractivity (Wildman–Crippen MR) is 71.9 cm³/mol. The fourth-order valence-corrected chi connectivity index (χ4v) is 1.73. The average Bonchev–Trinajstić information content (AvgIpc) is 2.42. The summed E-state index contributed by atoms with van der Waals surface area (Å²) in [7, 11) is 1.40. The van der Waals surface area contributed by atoms with Gasteiger partial charge in [-0.3, -0.25) is 4.79 Å². The van der Waals surface area contributed by atoms with Gasteiger partial charge in [0, 0.05) is 6.42 Å². The molecule has 0 unspecified atom stereocenters. The molecule has 0 radical (unpaired) electrons. The molecule has 0 saturated heterocycles. The molecule has 0 bridgehead atoms. The largest absolute Gasteiger partial charge is 0.494 e. The van der Waals surface area contributed by atoms with E-state index in [1.807, 2.05) is 0 Å². The average molecular weight is 250 g/mol. The molecule has 1 rings (SSSR count). The van der Waals surface area contributed by atoms with Gasteiger partial charge in [0.05, 0.1) is 13.7 Å². The van der Waals surface area contributed by atoms with Crippen molar-refractivity contribution >= 4 is 5.97 Å². The summed E-state index contributed by atoms with van der Waals surface area (Å²) in [6, 6.07) is 6.34. The van der Waals surface area contributed by atoms with Crippen molar-refractivity contribution in [2.75, 3.05) is 13.7 Å². The molecule has 0 spiro atoms.